The molecule has 8 nitrogen and oxygen atoms in total. The second-order valence-corrected chi connectivity index (χ2v) is 8.91. The van der Waals surface area contributed by atoms with Crippen LogP contribution in [0.25, 0.3) is 0 Å². The molecule has 0 saturated carbocycles. The van der Waals surface area contributed by atoms with E-state index in [1.54, 1.807) is 38.5 Å². The van der Waals surface area contributed by atoms with Crippen LogP contribution in [0.2, 0.25) is 0 Å². The van der Waals surface area contributed by atoms with Gasteiger partial charge in [-0.3, -0.25) is 14.4 Å². The number of para-hydroxylation sites is 1. The van der Waals surface area contributed by atoms with E-state index in [9.17, 15) is 9.59 Å². The van der Waals surface area contributed by atoms with Crippen molar-refractivity contribution in [2.45, 2.75) is 26.0 Å². The molecule has 0 radical (unpaired) electrons. The Morgan fingerprint density at radius 3 is 2.08 bits per heavy atom. The van der Waals surface area contributed by atoms with Crippen LogP contribution in [0.4, 0.5) is 11.4 Å². The fourth-order valence-electron chi connectivity index (χ4n) is 5.11. The molecule has 0 N–H and O–H groups in total. The Hall–Kier alpha value is -4.04. The summed E-state index contributed by atoms with van der Waals surface area (Å²) in [7, 11) is 4.64. The number of rotatable bonds is 6. The Labute approximate surface area is 209 Å². The molecule has 2 amide bonds. The van der Waals surface area contributed by atoms with E-state index in [1.807, 2.05) is 62.4 Å². The molecule has 0 spiro atoms. The van der Waals surface area contributed by atoms with Gasteiger partial charge in [0.1, 0.15) is 17.7 Å². The highest BCUT2D eigenvalue weighted by Gasteiger charge is 2.61. The highest BCUT2D eigenvalue weighted by Crippen LogP contribution is 2.51. The van der Waals surface area contributed by atoms with Crippen LogP contribution in [0.1, 0.15) is 22.7 Å². The average molecular weight is 489 g/mol. The lowest BCUT2D eigenvalue weighted by Gasteiger charge is -2.30. The van der Waals surface area contributed by atoms with Crippen molar-refractivity contribution < 1.29 is 28.6 Å². The van der Waals surface area contributed by atoms with E-state index < -0.39 is 18.1 Å². The number of hydroxylamine groups is 1. The van der Waals surface area contributed by atoms with E-state index in [1.165, 1.54) is 4.90 Å². The molecular formula is C28H28N2O6. The van der Waals surface area contributed by atoms with Crippen molar-refractivity contribution in [3.63, 3.8) is 0 Å². The van der Waals surface area contributed by atoms with Gasteiger partial charge in [0.25, 0.3) is 5.91 Å². The van der Waals surface area contributed by atoms with Gasteiger partial charge in [0.05, 0.1) is 32.7 Å². The number of imide groups is 1. The van der Waals surface area contributed by atoms with Crippen LogP contribution in [0.3, 0.4) is 0 Å². The third-order valence-electron chi connectivity index (χ3n) is 6.77. The van der Waals surface area contributed by atoms with Gasteiger partial charge in [0, 0.05) is 11.6 Å². The summed E-state index contributed by atoms with van der Waals surface area (Å²) < 4.78 is 16.7. The molecule has 0 unspecified atom stereocenters. The van der Waals surface area contributed by atoms with Gasteiger partial charge in [-0.1, -0.05) is 35.9 Å². The number of hydrogen-bond acceptors (Lipinski definition) is 7. The van der Waals surface area contributed by atoms with E-state index in [2.05, 4.69) is 0 Å². The minimum absolute atomic E-state index is 0.322. The number of hydrogen-bond donors (Lipinski definition) is 0. The van der Waals surface area contributed by atoms with E-state index in [0.29, 0.717) is 34.2 Å². The van der Waals surface area contributed by atoms with Gasteiger partial charge in [0.2, 0.25) is 5.91 Å². The summed E-state index contributed by atoms with van der Waals surface area (Å²) in [6, 6.07) is 17.9. The molecule has 36 heavy (non-hydrogen) atoms. The van der Waals surface area contributed by atoms with Crippen LogP contribution in [0.15, 0.2) is 60.7 Å². The highest BCUT2D eigenvalue weighted by molar-refractivity contribution is 6.24. The maximum atomic E-state index is 14.0. The van der Waals surface area contributed by atoms with Crippen LogP contribution < -0.4 is 24.2 Å². The third kappa shape index (κ3) is 3.65. The van der Waals surface area contributed by atoms with Crippen LogP contribution in [-0.4, -0.2) is 39.2 Å². The second-order valence-electron chi connectivity index (χ2n) is 8.91. The summed E-state index contributed by atoms with van der Waals surface area (Å²) in [6.07, 6.45) is -0.985. The topological polar surface area (TPSA) is 77.5 Å². The molecule has 3 aromatic carbocycles. The van der Waals surface area contributed by atoms with Gasteiger partial charge in [0.15, 0.2) is 17.6 Å². The van der Waals surface area contributed by atoms with Crippen LogP contribution in [0.5, 0.6) is 17.2 Å². The quantitative estimate of drug-likeness (QED) is 0.477. The summed E-state index contributed by atoms with van der Waals surface area (Å²) in [5.74, 6) is -0.0474. The molecule has 3 aromatic rings. The summed E-state index contributed by atoms with van der Waals surface area (Å²) in [6.45, 7) is 3.86. The summed E-state index contributed by atoms with van der Waals surface area (Å²) in [4.78, 5) is 35.1. The molecule has 0 aromatic heterocycles. The lowest BCUT2D eigenvalue weighted by atomic mass is 9.89. The maximum Gasteiger partial charge on any atom is 0.266 e. The van der Waals surface area contributed by atoms with Crippen molar-refractivity contribution in [3.8, 4) is 17.2 Å². The molecule has 0 aliphatic carbocycles. The zero-order valence-corrected chi connectivity index (χ0v) is 20.8. The monoisotopic (exact) mass is 488 g/mol. The lowest BCUT2D eigenvalue weighted by molar-refractivity contribution is -0.126. The number of aryl methyl sites for hydroxylation is 2. The first-order valence-electron chi connectivity index (χ1n) is 11.7. The summed E-state index contributed by atoms with van der Waals surface area (Å²) in [5.41, 5.74) is 3.83. The van der Waals surface area contributed by atoms with Gasteiger partial charge in [-0.15, -0.1) is 0 Å². The molecule has 2 aliphatic rings. The zero-order chi connectivity index (χ0) is 25.6. The van der Waals surface area contributed by atoms with Crippen LogP contribution >= 0.6 is 0 Å². The minimum Gasteiger partial charge on any atom is -0.496 e. The standard InChI is InChI=1S/C28H28N2O6/c1-16-11-12-20(17(2)13-16)29-27(31)24-25(19-14-22(34-4)23(35-5)15-21(19)33-3)30(36-26(24)28(29)32)18-9-7-6-8-10-18/h6-15,24-26H,1-5H3/t24-,25+,26-/m0/s1. The van der Waals surface area contributed by atoms with Gasteiger partial charge in [-0.05, 0) is 43.7 Å². The Morgan fingerprint density at radius 1 is 0.778 bits per heavy atom. The molecule has 186 valence electrons. The zero-order valence-electron chi connectivity index (χ0n) is 20.8. The number of methoxy groups -OCH3 is 3. The van der Waals surface area contributed by atoms with E-state index in [4.69, 9.17) is 19.0 Å². The minimum atomic E-state index is -0.985. The van der Waals surface area contributed by atoms with E-state index in [0.717, 1.165) is 11.1 Å². The average Bonchev–Trinajstić information content (AvgIpc) is 3.39. The molecule has 2 heterocycles. The first-order valence-corrected chi connectivity index (χ1v) is 11.7. The number of carbonyl (C=O) groups excluding carboxylic acids is 2. The second kappa shape index (κ2) is 9.20. The molecule has 0 bridgehead atoms. The highest BCUT2D eigenvalue weighted by atomic mass is 16.7. The fraction of sp³-hybridized carbons (Fsp3) is 0.286. The summed E-state index contributed by atoms with van der Waals surface area (Å²) in [5, 5.41) is 1.63. The number of fused-ring (bicyclic) bond motifs is 1. The van der Waals surface area contributed by atoms with Gasteiger partial charge >= 0.3 is 0 Å². The Morgan fingerprint density at radius 2 is 1.44 bits per heavy atom. The Balaban J connectivity index is 1.66. The van der Waals surface area contributed by atoms with Crippen LogP contribution in [0, 0.1) is 19.8 Å². The molecule has 5 rings (SSSR count). The van der Waals surface area contributed by atoms with Crippen molar-refractivity contribution in [2.24, 2.45) is 5.92 Å². The Kier molecular flexibility index (Phi) is 6.05. The van der Waals surface area contributed by atoms with Gasteiger partial charge in [-0.2, -0.15) is 0 Å². The lowest BCUT2D eigenvalue weighted by Crippen LogP contribution is -2.37. The number of amides is 2. The normalized spacial score (nSPS) is 21.1. The van der Waals surface area contributed by atoms with Gasteiger partial charge in [-0.25, -0.2) is 9.96 Å². The molecule has 2 saturated heterocycles. The largest absolute Gasteiger partial charge is 0.496 e. The number of nitrogens with zero attached hydrogens (tertiary/aromatic N) is 2. The van der Waals surface area contributed by atoms with Crippen molar-refractivity contribution in [3.05, 3.63) is 77.4 Å². The van der Waals surface area contributed by atoms with E-state index >= 15 is 0 Å². The number of benzene rings is 3. The maximum absolute atomic E-state index is 14.0. The molecule has 2 fully saturated rings. The number of ether oxygens (including phenoxy) is 3. The predicted molar refractivity (Wildman–Crippen MR) is 135 cm³/mol. The summed E-state index contributed by atoms with van der Waals surface area (Å²) >= 11 is 0. The Bertz CT molecular complexity index is 1330. The molecule has 2 aliphatic heterocycles. The SMILES string of the molecule is COc1cc(OC)c([C@@H]2[C@@H]3C(=O)N(c4ccc(C)cc4C)C(=O)[C@H]3ON2c2ccccc2)cc1OC. The predicted octanol–water partition coefficient (Wildman–Crippen LogP) is 4.38. The number of anilines is 2. The molecular weight excluding hydrogens is 460 g/mol. The van der Waals surface area contributed by atoms with Crippen molar-refractivity contribution >= 4 is 23.2 Å². The fourth-order valence-corrected chi connectivity index (χ4v) is 5.11. The first kappa shape index (κ1) is 23.7. The smallest absolute Gasteiger partial charge is 0.266 e. The van der Waals surface area contributed by atoms with E-state index in [-0.39, 0.29) is 11.8 Å². The number of carbonyl (C=O) groups is 2. The first-order chi connectivity index (χ1) is 17.4. The molecule has 8 heteroatoms. The van der Waals surface area contributed by atoms with Crippen molar-refractivity contribution in [1.82, 2.24) is 0 Å². The van der Waals surface area contributed by atoms with Crippen LogP contribution in [-0.2, 0) is 14.4 Å². The van der Waals surface area contributed by atoms with Crippen molar-refractivity contribution in [2.75, 3.05) is 31.3 Å². The van der Waals surface area contributed by atoms with Crippen molar-refractivity contribution in [1.29, 1.82) is 0 Å². The van der Waals surface area contributed by atoms with Gasteiger partial charge < -0.3 is 14.2 Å². The molecule has 3 atom stereocenters. The third-order valence-corrected chi connectivity index (χ3v) is 6.77.